The van der Waals surface area contributed by atoms with Gasteiger partial charge in [0, 0.05) is 38.4 Å². The van der Waals surface area contributed by atoms with Gasteiger partial charge in [-0.1, -0.05) is 25.1 Å². The van der Waals surface area contributed by atoms with Crippen LogP contribution in [0.3, 0.4) is 0 Å². The summed E-state index contributed by atoms with van der Waals surface area (Å²) in [6, 6.07) is 12.3. The number of anilines is 1. The maximum Gasteiger partial charge on any atom is 0.416 e. The van der Waals surface area contributed by atoms with Gasteiger partial charge < -0.3 is 15.0 Å². The van der Waals surface area contributed by atoms with Crippen molar-refractivity contribution in [2.45, 2.75) is 19.6 Å². The number of hydrogen-bond acceptors (Lipinski definition) is 5. The van der Waals surface area contributed by atoms with E-state index in [0.717, 1.165) is 57.0 Å². The van der Waals surface area contributed by atoms with Crippen LogP contribution in [0.25, 0.3) is 5.69 Å². The first-order chi connectivity index (χ1) is 16.8. The number of amides is 1. The Morgan fingerprint density at radius 2 is 1.74 bits per heavy atom. The summed E-state index contributed by atoms with van der Waals surface area (Å²) < 4.78 is 45.7. The largest absolute Gasteiger partial charge is 0.493 e. The van der Waals surface area contributed by atoms with Gasteiger partial charge in [-0.2, -0.15) is 18.3 Å². The zero-order valence-electron chi connectivity index (χ0n) is 19.7. The summed E-state index contributed by atoms with van der Waals surface area (Å²) in [4.78, 5) is 17.7. The summed E-state index contributed by atoms with van der Waals surface area (Å²) in [5.41, 5.74) is 1.08. The molecule has 2 heterocycles. The molecule has 0 aliphatic carbocycles. The minimum absolute atomic E-state index is 0.0252. The van der Waals surface area contributed by atoms with Crippen LogP contribution in [-0.2, 0) is 12.7 Å². The van der Waals surface area contributed by atoms with Crippen LogP contribution in [0.2, 0.25) is 0 Å². The Morgan fingerprint density at radius 1 is 1.06 bits per heavy atom. The molecule has 0 bridgehead atoms. The molecule has 2 aromatic carbocycles. The van der Waals surface area contributed by atoms with Crippen LogP contribution in [0.4, 0.5) is 18.9 Å². The topological polar surface area (TPSA) is 62.6 Å². The summed E-state index contributed by atoms with van der Waals surface area (Å²) in [5.74, 6) is -0.362. The van der Waals surface area contributed by atoms with Crippen molar-refractivity contribution in [2.75, 3.05) is 45.2 Å². The van der Waals surface area contributed by atoms with Crippen LogP contribution in [0.15, 0.2) is 54.7 Å². The molecule has 1 N–H and O–H groups in total. The number of methoxy groups -OCH3 is 1. The molecule has 10 heteroatoms. The Hall–Kier alpha value is -3.37. The third kappa shape index (κ3) is 6.01. The molecular weight excluding hydrogens is 459 g/mol. The van der Waals surface area contributed by atoms with Crippen molar-refractivity contribution in [2.24, 2.45) is 0 Å². The predicted octanol–water partition coefficient (Wildman–Crippen LogP) is 4.29. The Morgan fingerprint density at radius 3 is 2.37 bits per heavy atom. The average molecular weight is 488 g/mol. The molecule has 1 aliphatic heterocycles. The van der Waals surface area contributed by atoms with Crippen molar-refractivity contribution >= 4 is 11.6 Å². The van der Waals surface area contributed by atoms with Gasteiger partial charge in [-0.25, -0.2) is 4.68 Å². The molecule has 0 radical (unpaired) electrons. The second-order valence-electron chi connectivity index (χ2n) is 8.40. The number of rotatable bonds is 7. The van der Waals surface area contributed by atoms with E-state index in [9.17, 15) is 18.0 Å². The number of carbonyl (C=O) groups is 1. The molecule has 0 saturated carbocycles. The zero-order chi connectivity index (χ0) is 25.0. The number of benzene rings is 2. The Balaban J connectivity index is 1.43. The first-order valence-electron chi connectivity index (χ1n) is 11.4. The highest BCUT2D eigenvalue weighted by atomic mass is 19.4. The molecule has 1 aliphatic rings. The van der Waals surface area contributed by atoms with Gasteiger partial charge in [0.15, 0.2) is 11.4 Å². The van der Waals surface area contributed by atoms with Crippen molar-refractivity contribution in [1.29, 1.82) is 0 Å². The van der Waals surface area contributed by atoms with Crippen molar-refractivity contribution < 1.29 is 22.7 Å². The second-order valence-corrected chi connectivity index (χ2v) is 8.40. The van der Waals surface area contributed by atoms with Gasteiger partial charge in [-0.05, 0) is 42.4 Å². The molecule has 186 valence electrons. The first kappa shape index (κ1) is 24.7. The number of alkyl halides is 3. The van der Waals surface area contributed by atoms with Crippen LogP contribution >= 0.6 is 0 Å². The van der Waals surface area contributed by atoms with Gasteiger partial charge in [-0.3, -0.25) is 9.69 Å². The van der Waals surface area contributed by atoms with Crippen LogP contribution in [0.5, 0.6) is 5.75 Å². The Labute approximate surface area is 202 Å². The quantitative estimate of drug-likeness (QED) is 0.539. The van der Waals surface area contributed by atoms with E-state index in [1.807, 2.05) is 24.3 Å². The van der Waals surface area contributed by atoms with Gasteiger partial charge in [0.1, 0.15) is 0 Å². The normalized spacial score (nSPS) is 15.2. The van der Waals surface area contributed by atoms with Gasteiger partial charge >= 0.3 is 6.18 Å². The summed E-state index contributed by atoms with van der Waals surface area (Å²) in [5, 5.41) is 6.96. The summed E-state index contributed by atoms with van der Waals surface area (Å²) in [6.45, 7) is 8.29. The standard InChI is InChI=1S/C25H28F3N5O2/c1-3-31-11-13-32(14-12-31)16-18-7-9-20(10-8-18)29-24(34)23-22(35-2)17-33(30-23)21-6-4-5-19(15-21)25(26,27)28/h4-10,15,17H,3,11-14,16H2,1-2H3,(H,29,34). The lowest BCUT2D eigenvalue weighted by molar-refractivity contribution is -0.137. The molecule has 1 fully saturated rings. The fourth-order valence-electron chi connectivity index (χ4n) is 4.03. The summed E-state index contributed by atoms with van der Waals surface area (Å²) in [7, 11) is 1.37. The van der Waals surface area contributed by atoms with E-state index in [1.165, 1.54) is 30.1 Å². The van der Waals surface area contributed by atoms with Gasteiger partial charge in [0.25, 0.3) is 5.91 Å². The van der Waals surface area contributed by atoms with Crippen molar-refractivity contribution in [3.05, 3.63) is 71.5 Å². The minimum atomic E-state index is -4.48. The third-order valence-electron chi connectivity index (χ3n) is 6.08. The lowest BCUT2D eigenvalue weighted by Gasteiger charge is -2.34. The SMILES string of the molecule is CCN1CCN(Cc2ccc(NC(=O)c3nn(-c4cccc(C(F)(F)F)c4)cc3OC)cc2)CC1. The van der Waals surface area contributed by atoms with Crippen molar-refractivity contribution in [3.63, 3.8) is 0 Å². The highest BCUT2D eigenvalue weighted by Gasteiger charge is 2.31. The van der Waals surface area contributed by atoms with Crippen molar-refractivity contribution in [3.8, 4) is 11.4 Å². The number of likely N-dealkylation sites (N-methyl/N-ethyl adjacent to an activating group) is 1. The Bertz CT molecular complexity index is 1150. The summed E-state index contributed by atoms with van der Waals surface area (Å²) >= 11 is 0. The summed E-state index contributed by atoms with van der Waals surface area (Å²) in [6.07, 6.45) is -3.10. The van der Waals surface area contributed by atoms with Crippen LogP contribution in [-0.4, -0.2) is 65.3 Å². The average Bonchev–Trinajstić information content (AvgIpc) is 3.30. The number of aromatic nitrogens is 2. The second kappa shape index (κ2) is 10.5. The lowest BCUT2D eigenvalue weighted by atomic mass is 10.1. The van der Waals surface area contributed by atoms with Gasteiger partial charge in [0.2, 0.25) is 0 Å². The number of hydrogen-bond donors (Lipinski definition) is 1. The molecule has 1 amide bonds. The number of nitrogens with one attached hydrogen (secondary N) is 1. The molecule has 1 aromatic heterocycles. The van der Waals surface area contributed by atoms with Crippen LogP contribution < -0.4 is 10.1 Å². The number of piperazine rings is 1. The van der Waals surface area contributed by atoms with E-state index in [0.29, 0.717) is 5.69 Å². The molecule has 0 atom stereocenters. The maximum absolute atomic E-state index is 13.1. The van der Waals surface area contributed by atoms with Gasteiger partial charge in [0.05, 0.1) is 24.6 Å². The van der Waals surface area contributed by atoms with E-state index in [-0.39, 0.29) is 17.1 Å². The smallest absolute Gasteiger partial charge is 0.416 e. The van der Waals surface area contributed by atoms with Crippen LogP contribution in [0, 0.1) is 0 Å². The molecule has 1 saturated heterocycles. The fourth-order valence-corrected chi connectivity index (χ4v) is 4.03. The third-order valence-corrected chi connectivity index (χ3v) is 6.08. The van der Waals surface area contributed by atoms with E-state index in [1.54, 1.807) is 0 Å². The lowest BCUT2D eigenvalue weighted by Crippen LogP contribution is -2.45. The molecule has 4 rings (SSSR count). The van der Waals surface area contributed by atoms with Crippen molar-refractivity contribution in [1.82, 2.24) is 19.6 Å². The van der Waals surface area contributed by atoms with Gasteiger partial charge in [-0.15, -0.1) is 0 Å². The van der Waals surface area contributed by atoms with E-state index in [2.05, 4.69) is 27.1 Å². The monoisotopic (exact) mass is 487 g/mol. The molecule has 35 heavy (non-hydrogen) atoms. The number of ether oxygens (including phenoxy) is 1. The first-order valence-corrected chi connectivity index (χ1v) is 11.4. The highest BCUT2D eigenvalue weighted by Crippen LogP contribution is 2.31. The minimum Gasteiger partial charge on any atom is -0.493 e. The van der Waals surface area contributed by atoms with Crippen LogP contribution in [0.1, 0.15) is 28.5 Å². The fraction of sp³-hybridized carbons (Fsp3) is 0.360. The molecule has 3 aromatic rings. The maximum atomic E-state index is 13.1. The molecule has 0 unspecified atom stereocenters. The molecular formula is C25H28F3N5O2. The Kier molecular flexibility index (Phi) is 7.42. The predicted molar refractivity (Wildman–Crippen MR) is 127 cm³/mol. The number of nitrogens with zero attached hydrogens (tertiary/aromatic N) is 4. The number of halogens is 3. The van der Waals surface area contributed by atoms with E-state index >= 15 is 0 Å². The number of carbonyl (C=O) groups excluding carboxylic acids is 1. The zero-order valence-corrected chi connectivity index (χ0v) is 19.7. The molecule has 7 nitrogen and oxygen atoms in total. The highest BCUT2D eigenvalue weighted by molar-refractivity contribution is 6.04. The van der Waals surface area contributed by atoms with E-state index in [4.69, 9.17) is 4.74 Å². The molecule has 0 spiro atoms. The van der Waals surface area contributed by atoms with E-state index < -0.39 is 17.6 Å².